The third kappa shape index (κ3) is 8.01. The summed E-state index contributed by atoms with van der Waals surface area (Å²) >= 11 is 0. The molecular formula is C23H35IN4O3. The maximum Gasteiger partial charge on any atom is 0.191 e. The molecule has 7 nitrogen and oxygen atoms in total. The van der Waals surface area contributed by atoms with E-state index in [1.54, 1.807) is 20.5 Å². The number of guanidine groups is 1. The Labute approximate surface area is 202 Å². The van der Waals surface area contributed by atoms with Gasteiger partial charge in [0.2, 0.25) is 0 Å². The molecule has 2 N–H and O–H groups in total. The molecule has 1 aliphatic heterocycles. The lowest BCUT2D eigenvalue weighted by Gasteiger charge is -2.28. The van der Waals surface area contributed by atoms with Crippen LogP contribution in [0.1, 0.15) is 30.2 Å². The molecule has 0 radical (unpaired) electrons. The Morgan fingerprint density at radius 2 is 1.87 bits per heavy atom. The van der Waals surface area contributed by atoms with Crippen LogP contribution in [0.5, 0.6) is 5.75 Å². The van der Waals surface area contributed by atoms with Crippen molar-refractivity contribution in [3.63, 3.8) is 0 Å². The van der Waals surface area contributed by atoms with Gasteiger partial charge in [-0.3, -0.25) is 9.89 Å². The van der Waals surface area contributed by atoms with E-state index in [-0.39, 0.29) is 30.0 Å². The zero-order valence-corrected chi connectivity index (χ0v) is 20.8. The number of ether oxygens (including phenoxy) is 2. The first kappa shape index (κ1) is 25.5. The molecule has 1 aromatic carbocycles. The Hall–Kier alpha value is -1.78. The van der Waals surface area contributed by atoms with Gasteiger partial charge in [-0.25, -0.2) is 0 Å². The molecule has 3 rings (SSSR count). The van der Waals surface area contributed by atoms with Gasteiger partial charge in [0.1, 0.15) is 11.5 Å². The number of hydrogen-bond donors (Lipinski definition) is 2. The van der Waals surface area contributed by atoms with Gasteiger partial charge in [0.15, 0.2) is 5.96 Å². The van der Waals surface area contributed by atoms with Crippen molar-refractivity contribution in [2.75, 3.05) is 53.6 Å². The predicted molar refractivity (Wildman–Crippen MR) is 135 cm³/mol. The van der Waals surface area contributed by atoms with Crippen LogP contribution >= 0.6 is 24.0 Å². The van der Waals surface area contributed by atoms with Crippen molar-refractivity contribution in [3.8, 4) is 5.75 Å². The fraction of sp³-hybridized carbons (Fsp3) is 0.522. The second-order valence-electron chi connectivity index (χ2n) is 7.37. The minimum Gasteiger partial charge on any atom is -0.496 e. The van der Waals surface area contributed by atoms with Gasteiger partial charge in [-0.2, -0.15) is 0 Å². The van der Waals surface area contributed by atoms with Gasteiger partial charge in [-0.15, -0.1) is 24.0 Å². The van der Waals surface area contributed by atoms with Crippen molar-refractivity contribution in [1.29, 1.82) is 0 Å². The summed E-state index contributed by atoms with van der Waals surface area (Å²) in [5.41, 5.74) is 1.19. The Morgan fingerprint density at radius 3 is 2.58 bits per heavy atom. The van der Waals surface area contributed by atoms with E-state index >= 15 is 0 Å². The van der Waals surface area contributed by atoms with Gasteiger partial charge >= 0.3 is 0 Å². The van der Waals surface area contributed by atoms with Gasteiger partial charge in [0.25, 0.3) is 0 Å². The van der Waals surface area contributed by atoms with Gasteiger partial charge in [0, 0.05) is 32.2 Å². The van der Waals surface area contributed by atoms with E-state index < -0.39 is 0 Å². The second-order valence-corrected chi connectivity index (χ2v) is 7.37. The number of benzene rings is 1. The molecule has 172 valence electrons. The Bertz CT molecular complexity index is 764. The number of methoxy groups -OCH3 is 2. The number of nitrogens with zero attached hydrogens (tertiary/aromatic N) is 2. The third-order valence-electron chi connectivity index (χ3n) is 5.34. The minimum absolute atomic E-state index is 0. The highest BCUT2D eigenvalue weighted by Crippen LogP contribution is 2.31. The van der Waals surface area contributed by atoms with Crippen LogP contribution in [-0.2, 0) is 11.2 Å². The summed E-state index contributed by atoms with van der Waals surface area (Å²) in [6.07, 6.45) is 4.97. The minimum atomic E-state index is 0. The van der Waals surface area contributed by atoms with Crippen LogP contribution in [-0.4, -0.2) is 64.4 Å². The number of para-hydroxylation sites is 1. The van der Waals surface area contributed by atoms with E-state index in [1.165, 1.54) is 18.4 Å². The Kier molecular flexibility index (Phi) is 11.8. The van der Waals surface area contributed by atoms with E-state index in [9.17, 15) is 0 Å². The summed E-state index contributed by atoms with van der Waals surface area (Å²) in [6.45, 7) is 4.92. The number of halogens is 1. The molecule has 0 spiro atoms. The fourth-order valence-corrected chi connectivity index (χ4v) is 3.79. The van der Waals surface area contributed by atoms with Crippen LogP contribution in [0.2, 0.25) is 0 Å². The maximum absolute atomic E-state index is 5.65. The van der Waals surface area contributed by atoms with Gasteiger partial charge < -0.3 is 24.5 Å². The molecule has 1 unspecified atom stereocenters. The van der Waals surface area contributed by atoms with Crippen LogP contribution in [0.15, 0.2) is 52.1 Å². The SMILES string of the molecule is COCCNC(=NCC(c1ccccc1OC)N1CCCC1)NCCc1ccco1.I. The van der Waals surface area contributed by atoms with E-state index in [4.69, 9.17) is 18.9 Å². The monoisotopic (exact) mass is 542 g/mol. The number of rotatable bonds is 11. The molecule has 8 heteroatoms. The topological polar surface area (TPSA) is 71.3 Å². The smallest absolute Gasteiger partial charge is 0.191 e. The zero-order valence-electron chi connectivity index (χ0n) is 18.5. The van der Waals surface area contributed by atoms with E-state index in [2.05, 4.69) is 27.7 Å². The summed E-state index contributed by atoms with van der Waals surface area (Å²) in [6, 6.07) is 12.4. The molecule has 0 saturated carbocycles. The van der Waals surface area contributed by atoms with Gasteiger partial charge in [-0.05, 0) is 44.1 Å². The Morgan fingerprint density at radius 1 is 1.10 bits per heavy atom. The summed E-state index contributed by atoms with van der Waals surface area (Å²) in [7, 11) is 3.44. The molecule has 31 heavy (non-hydrogen) atoms. The molecule has 1 fully saturated rings. The summed E-state index contributed by atoms with van der Waals surface area (Å²) in [5, 5.41) is 6.78. The van der Waals surface area contributed by atoms with Crippen LogP contribution in [0.25, 0.3) is 0 Å². The number of nitrogens with one attached hydrogen (secondary N) is 2. The maximum atomic E-state index is 5.65. The largest absolute Gasteiger partial charge is 0.496 e. The molecule has 1 saturated heterocycles. The van der Waals surface area contributed by atoms with Crippen LogP contribution < -0.4 is 15.4 Å². The van der Waals surface area contributed by atoms with Crippen molar-refractivity contribution in [2.45, 2.75) is 25.3 Å². The number of furan rings is 1. The number of hydrogen-bond acceptors (Lipinski definition) is 5. The first-order valence-corrected chi connectivity index (χ1v) is 10.7. The highest BCUT2D eigenvalue weighted by atomic mass is 127. The van der Waals surface area contributed by atoms with Crippen LogP contribution in [0.3, 0.4) is 0 Å². The van der Waals surface area contributed by atoms with E-state index in [0.717, 1.165) is 43.5 Å². The first-order valence-electron chi connectivity index (χ1n) is 10.7. The highest BCUT2D eigenvalue weighted by molar-refractivity contribution is 14.0. The third-order valence-corrected chi connectivity index (χ3v) is 5.34. The predicted octanol–water partition coefficient (Wildman–Crippen LogP) is 3.47. The summed E-state index contributed by atoms with van der Waals surface area (Å²) in [4.78, 5) is 7.43. The lowest BCUT2D eigenvalue weighted by atomic mass is 10.0. The summed E-state index contributed by atoms with van der Waals surface area (Å²) in [5.74, 6) is 2.67. The van der Waals surface area contributed by atoms with Crippen molar-refractivity contribution in [1.82, 2.24) is 15.5 Å². The molecule has 0 aliphatic carbocycles. The quantitative estimate of drug-likeness (QED) is 0.196. The molecule has 1 aliphatic rings. The lowest BCUT2D eigenvalue weighted by Crippen LogP contribution is -2.40. The second kappa shape index (κ2) is 14.3. The molecule has 0 bridgehead atoms. The molecule has 2 heterocycles. The molecule has 1 aromatic heterocycles. The zero-order chi connectivity index (χ0) is 21.0. The van der Waals surface area contributed by atoms with Crippen molar-refractivity contribution in [2.24, 2.45) is 4.99 Å². The average molecular weight is 542 g/mol. The number of aliphatic imine (C=N–C) groups is 1. The van der Waals surface area contributed by atoms with Gasteiger partial charge in [0.05, 0.1) is 32.6 Å². The highest BCUT2D eigenvalue weighted by Gasteiger charge is 2.25. The number of likely N-dealkylation sites (tertiary alicyclic amines) is 1. The molecule has 1 atom stereocenters. The first-order chi connectivity index (χ1) is 14.8. The van der Waals surface area contributed by atoms with Crippen LogP contribution in [0.4, 0.5) is 0 Å². The molecule has 0 amide bonds. The Balaban J connectivity index is 0.00000341. The van der Waals surface area contributed by atoms with Crippen LogP contribution in [0, 0.1) is 0 Å². The standard InChI is InChI=1S/C23H34N4O3.HI/c1-28-17-13-25-23(24-12-11-19-8-7-16-30-19)26-18-21(27-14-5-6-15-27)20-9-3-4-10-22(20)29-2;/h3-4,7-10,16,21H,5-6,11-15,17-18H2,1-2H3,(H2,24,25,26);1H. The summed E-state index contributed by atoms with van der Waals surface area (Å²) < 4.78 is 16.2. The molecular weight excluding hydrogens is 507 g/mol. The van der Waals surface area contributed by atoms with E-state index in [0.29, 0.717) is 19.7 Å². The fourth-order valence-electron chi connectivity index (χ4n) is 3.79. The van der Waals surface area contributed by atoms with Crippen molar-refractivity contribution < 1.29 is 13.9 Å². The lowest BCUT2D eigenvalue weighted by molar-refractivity contribution is 0.203. The van der Waals surface area contributed by atoms with Crippen molar-refractivity contribution >= 4 is 29.9 Å². The van der Waals surface area contributed by atoms with Gasteiger partial charge in [-0.1, -0.05) is 18.2 Å². The van der Waals surface area contributed by atoms with E-state index in [1.807, 2.05) is 24.3 Å². The van der Waals surface area contributed by atoms with Crippen molar-refractivity contribution in [3.05, 3.63) is 54.0 Å². The average Bonchev–Trinajstić information content (AvgIpc) is 3.48. The normalized spacial score (nSPS) is 15.4. The molecule has 2 aromatic rings.